The monoisotopic (exact) mass is 375 g/mol. The summed E-state index contributed by atoms with van der Waals surface area (Å²) in [6.45, 7) is 8.73. The van der Waals surface area contributed by atoms with Crippen molar-refractivity contribution in [2.75, 3.05) is 23.1 Å². The normalized spacial score (nSPS) is 11.1. The Morgan fingerprint density at radius 1 is 0.962 bits per heavy atom. The van der Waals surface area contributed by atoms with Gasteiger partial charge in [-0.2, -0.15) is 0 Å². The fourth-order valence-corrected chi connectivity index (χ4v) is 3.80. The van der Waals surface area contributed by atoms with Crippen LogP contribution in [0.4, 0.5) is 16.2 Å². The second-order valence-corrected chi connectivity index (χ2v) is 7.68. The van der Waals surface area contributed by atoms with Gasteiger partial charge in [-0.05, 0) is 63.1 Å². The minimum Gasteiger partial charge on any atom is -0.325 e. The Labute approximate surface area is 155 Å². The number of carbonyl (C=O) groups excluding carboxylic acids is 1. The maximum absolute atomic E-state index is 12.6. The van der Waals surface area contributed by atoms with Crippen LogP contribution in [0, 0.1) is 13.8 Å². The zero-order chi connectivity index (χ0) is 19.3. The van der Waals surface area contributed by atoms with Crippen LogP contribution in [-0.4, -0.2) is 32.4 Å². The van der Waals surface area contributed by atoms with Gasteiger partial charge < -0.3 is 10.2 Å². The van der Waals surface area contributed by atoms with Gasteiger partial charge >= 0.3 is 6.03 Å². The molecule has 2 rings (SSSR count). The van der Waals surface area contributed by atoms with E-state index in [9.17, 15) is 13.2 Å². The summed E-state index contributed by atoms with van der Waals surface area (Å²) in [7, 11) is -3.70. The molecule has 7 heteroatoms. The summed E-state index contributed by atoms with van der Waals surface area (Å²) in [5.41, 5.74) is 2.85. The Hall–Kier alpha value is -2.54. The van der Waals surface area contributed by atoms with E-state index < -0.39 is 10.0 Å². The molecule has 0 heterocycles. The molecule has 0 saturated carbocycles. The standard InChI is InChI=1S/C19H25N3O3S/c1-5-22(6-2)19(23)20-16-10-12-17(13-11-16)26(24,25)21-18-14(3)8-7-9-15(18)4/h7-13,21H,5-6H2,1-4H3,(H,20,23). The molecule has 2 N–H and O–H groups in total. The highest BCUT2D eigenvalue weighted by atomic mass is 32.2. The summed E-state index contributed by atoms with van der Waals surface area (Å²) in [4.78, 5) is 13.8. The van der Waals surface area contributed by atoms with Crippen LogP contribution >= 0.6 is 0 Å². The fourth-order valence-electron chi connectivity index (χ4n) is 2.60. The predicted octanol–water partition coefficient (Wildman–Crippen LogP) is 3.98. The van der Waals surface area contributed by atoms with E-state index in [0.29, 0.717) is 24.5 Å². The Kier molecular flexibility index (Phi) is 6.26. The van der Waals surface area contributed by atoms with E-state index in [1.165, 1.54) is 12.1 Å². The number of aryl methyl sites for hydroxylation is 2. The Bertz CT molecular complexity index is 853. The zero-order valence-electron chi connectivity index (χ0n) is 15.5. The van der Waals surface area contributed by atoms with Gasteiger partial charge in [0.05, 0.1) is 10.6 Å². The first kappa shape index (κ1) is 19.8. The SMILES string of the molecule is CCN(CC)C(=O)Nc1ccc(S(=O)(=O)Nc2c(C)cccc2C)cc1. The van der Waals surface area contributed by atoms with Crippen molar-refractivity contribution in [3.05, 3.63) is 53.6 Å². The number of para-hydroxylation sites is 1. The molecule has 0 saturated heterocycles. The molecular formula is C19H25N3O3S. The third kappa shape index (κ3) is 4.54. The molecule has 0 aliphatic heterocycles. The Morgan fingerprint density at radius 3 is 2.00 bits per heavy atom. The number of rotatable bonds is 6. The van der Waals surface area contributed by atoms with Crippen LogP contribution in [-0.2, 0) is 10.0 Å². The van der Waals surface area contributed by atoms with Crippen molar-refractivity contribution < 1.29 is 13.2 Å². The van der Waals surface area contributed by atoms with Crippen LogP contribution in [0.2, 0.25) is 0 Å². The third-order valence-corrected chi connectivity index (χ3v) is 5.55. The van der Waals surface area contributed by atoms with Crippen LogP contribution in [0.5, 0.6) is 0 Å². The van der Waals surface area contributed by atoms with E-state index >= 15 is 0 Å². The average Bonchev–Trinajstić information content (AvgIpc) is 2.60. The molecule has 0 spiro atoms. The van der Waals surface area contributed by atoms with E-state index in [0.717, 1.165) is 11.1 Å². The van der Waals surface area contributed by atoms with Gasteiger partial charge in [0, 0.05) is 18.8 Å². The first-order valence-corrected chi connectivity index (χ1v) is 10.0. The Morgan fingerprint density at radius 2 is 1.50 bits per heavy atom. The lowest BCUT2D eigenvalue weighted by molar-refractivity contribution is 0.217. The highest BCUT2D eigenvalue weighted by Crippen LogP contribution is 2.24. The maximum atomic E-state index is 12.6. The average molecular weight is 375 g/mol. The molecule has 0 fully saturated rings. The zero-order valence-corrected chi connectivity index (χ0v) is 16.4. The number of nitrogens with zero attached hydrogens (tertiary/aromatic N) is 1. The molecule has 6 nitrogen and oxygen atoms in total. The highest BCUT2D eigenvalue weighted by Gasteiger charge is 2.17. The lowest BCUT2D eigenvalue weighted by Crippen LogP contribution is -2.34. The molecular weight excluding hydrogens is 350 g/mol. The molecule has 26 heavy (non-hydrogen) atoms. The minimum absolute atomic E-state index is 0.140. The number of carbonyl (C=O) groups is 1. The molecule has 0 bridgehead atoms. The molecule has 0 atom stereocenters. The number of benzene rings is 2. The topological polar surface area (TPSA) is 78.5 Å². The first-order chi connectivity index (χ1) is 12.3. The van der Waals surface area contributed by atoms with Crippen molar-refractivity contribution in [2.45, 2.75) is 32.6 Å². The van der Waals surface area contributed by atoms with Crippen molar-refractivity contribution in [2.24, 2.45) is 0 Å². The van der Waals surface area contributed by atoms with Crippen LogP contribution in [0.25, 0.3) is 0 Å². The molecule has 0 aromatic heterocycles. The summed E-state index contributed by atoms with van der Waals surface area (Å²) < 4.78 is 27.9. The van der Waals surface area contributed by atoms with Crippen LogP contribution < -0.4 is 10.0 Å². The Balaban J connectivity index is 2.18. The van der Waals surface area contributed by atoms with Gasteiger partial charge in [-0.15, -0.1) is 0 Å². The summed E-state index contributed by atoms with van der Waals surface area (Å²) in [5, 5.41) is 2.76. The van der Waals surface area contributed by atoms with Gasteiger partial charge in [0.1, 0.15) is 0 Å². The predicted molar refractivity (Wildman–Crippen MR) is 105 cm³/mol. The number of anilines is 2. The molecule has 2 aromatic carbocycles. The fraction of sp³-hybridized carbons (Fsp3) is 0.316. The highest BCUT2D eigenvalue weighted by molar-refractivity contribution is 7.92. The van der Waals surface area contributed by atoms with E-state index in [1.807, 2.05) is 45.9 Å². The van der Waals surface area contributed by atoms with Crippen molar-refractivity contribution in [3.63, 3.8) is 0 Å². The van der Waals surface area contributed by atoms with Crippen molar-refractivity contribution in [1.29, 1.82) is 0 Å². The molecule has 0 aliphatic carbocycles. The van der Waals surface area contributed by atoms with Gasteiger partial charge in [-0.1, -0.05) is 18.2 Å². The number of nitrogens with one attached hydrogen (secondary N) is 2. The summed E-state index contributed by atoms with van der Waals surface area (Å²) in [6.07, 6.45) is 0. The van der Waals surface area contributed by atoms with E-state index in [-0.39, 0.29) is 10.9 Å². The first-order valence-electron chi connectivity index (χ1n) is 8.53. The number of amides is 2. The minimum atomic E-state index is -3.70. The summed E-state index contributed by atoms with van der Waals surface area (Å²) in [6, 6.07) is 11.5. The molecule has 140 valence electrons. The summed E-state index contributed by atoms with van der Waals surface area (Å²) in [5.74, 6) is 0. The lowest BCUT2D eigenvalue weighted by atomic mass is 10.1. The summed E-state index contributed by atoms with van der Waals surface area (Å²) >= 11 is 0. The number of urea groups is 1. The van der Waals surface area contributed by atoms with Crippen molar-refractivity contribution >= 4 is 27.4 Å². The molecule has 0 aliphatic rings. The number of sulfonamides is 1. The smallest absolute Gasteiger partial charge is 0.321 e. The van der Waals surface area contributed by atoms with Gasteiger partial charge in [-0.25, -0.2) is 13.2 Å². The second kappa shape index (κ2) is 8.23. The van der Waals surface area contributed by atoms with Crippen LogP contribution in [0.3, 0.4) is 0 Å². The molecule has 0 unspecified atom stereocenters. The third-order valence-electron chi connectivity index (χ3n) is 4.18. The number of hydrogen-bond acceptors (Lipinski definition) is 3. The van der Waals surface area contributed by atoms with Gasteiger partial charge in [0.2, 0.25) is 0 Å². The van der Waals surface area contributed by atoms with E-state index in [2.05, 4.69) is 10.0 Å². The molecule has 0 radical (unpaired) electrons. The van der Waals surface area contributed by atoms with Crippen molar-refractivity contribution in [1.82, 2.24) is 4.90 Å². The second-order valence-electron chi connectivity index (χ2n) is 6.00. The number of hydrogen-bond donors (Lipinski definition) is 2. The largest absolute Gasteiger partial charge is 0.325 e. The van der Waals surface area contributed by atoms with Gasteiger partial charge in [-0.3, -0.25) is 4.72 Å². The van der Waals surface area contributed by atoms with Gasteiger partial charge in [0.25, 0.3) is 10.0 Å². The maximum Gasteiger partial charge on any atom is 0.321 e. The van der Waals surface area contributed by atoms with Gasteiger partial charge in [0.15, 0.2) is 0 Å². The van der Waals surface area contributed by atoms with Crippen LogP contribution in [0.1, 0.15) is 25.0 Å². The molecule has 2 aromatic rings. The van der Waals surface area contributed by atoms with E-state index in [4.69, 9.17) is 0 Å². The molecule has 2 amide bonds. The quantitative estimate of drug-likeness (QED) is 0.802. The van der Waals surface area contributed by atoms with Crippen LogP contribution in [0.15, 0.2) is 47.4 Å². The van der Waals surface area contributed by atoms with Crippen molar-refractivity contribution in [3.8, 4) is 0 Å². The van der Waals surface area contributed by atoms with E-state index in [1.54, 1.807) is 17.0 Å². The lowest BCUT2D eigenvalue weighted by Gasteiger charge is -2.19.